The Morgan fingerprint density at radius 2 is 1.77 bits per heavy atom. The van der Waals surface area contributed by atoms with Crippen LogP contribution in [-0.4, -0.2) is 24.7 Å². The van der Waals surface area contributed by atoms with Gasteiger partial charge in [-0.25, -0.2) is 4.98 Å². The molecule has 5 rings (SSSR count). The molecule has 0 atom stereocenters. The summed E-state index contributed by atoms with van der Waals surface area (Å²) < 4.78 is 1.99. The number of fused-ring (bicyclic) bond motifs is 1. The monoisotopic (exact) mass is 445 g/mol. The molecule has 0 amide bonds. The van der Waals surface area contributed by atoms with Gasteiger partial charge in [0, 0.05) is 24.4 Å². The molecule has 0 radical (unpaired) electrons. The standard InChI is InChI=1S/C23H19N5OS2/c1-28-19(12-15-8-4-2-5-9-15)26-27-23(28)31-14-18-24-21(29)20-17(13-30-22(20)25-18)16-10-6-3-7-11-16/h2-11,13H,12,14H2,1H3,(H,24,25,29). The van der Waals surface area contributed by atoms with Gasteiger partial charge in [0.2, 0.25) is 0 Å². The lowest BCUT2D eigenvalue weighted by molar-refractivity contribution is 0.748. The topological polar surface area (TPSA) is 76.5 Å². The van der Waals surface area contributed by atoms with Gasteiger partial charge in [-0.2, -0.15) is 0 Å². The molecule has 0 aliphatic carbocycles. The second kappa shape index (κ2) is 8.49. The molecule has 0 bridgehead atoms. The van der Waals surface area contributed by atoms with Crippen molar-refractivity contribution < 1.29 is 0 Å². The predicted octanol–water partition coefficient (Wildman–Crippen LogP) is 4.66. The van der Waals surface area contributed by atoms with Gasteiger partial charge >= 0.3 is 0 Å². The third kappa shape index (κ3) is 4.04. The average molecular weight is 446 g/mol. The molecule has 5 aromatic rings. The lowest BCUT2D eigenvalue weighted by Gasteiger charge is -2.04. The molecule has 0 aliphatic heterocycles. The van der Waals surface area contributed by atoms with Crippen molar-refractivity contribution in [2.75, 3.05) is 0 Å². The summed E-state index contributed by atoms with van der Waals surface area (Å²) in [5.74, 6) is 2.05. The van der Waals surface area contributed by atoms with E-state index in [1.54, 1.807) is 0 Å². The van der Waals surface area contributed by atoms with Crippen molar-refractivity contribution in [1.82, 2.24) is 24.7 Å². The Hall–Kier alpha value is -3.23. The van der Waals surface area contributed by atoms with Crippen molar-refractivity contribution in [3.63, 3.8) is 0 Å². The zero-order chi connectivity index (χ0) is 21.2. The van der Waals surface area contributed by atoms with E-state index in [0.29, 0.717) is 17.0 Å². The summed E-state index contributed by atoms with van der Waals surface area (Å²) in [7, 11) is 1.96. The van der Waals surface area contributed by atoms with Crippen LogP contribution in [0.15, 0.2) is 76.0 Å². The first kappa shape index (κ1) is 19.7. The molecule has 6 nitrogen and oxygen atoms in total. The SMILES string of the molecule is Cn1c(Cc2ccccc2)nnc1SCc1nc2scc(-c3ccccc3)c2c(=O)[nH]1. The molecule has 1 N–H and O–H groups in total. The molecule has 31 heavy (non-hydrogen) atoms. The lowest BCUT2D eigenvalue weighted by atomic mass is 10.1. The van der Waals surface area contributed by atoms with E-state index in [2.05, 4.69) is 32.3 Å². The van der Waals surface area contributed by atoms with E-state index in [1.807, 2.05) is 65.5 Å². The third-order valence-electron chi connectivity index (χ3n) is 5.05. The summed E-state index contributed by atoms with van der Waals surface area (Å²) in [5.41, 5.74) is 3.03. The van der Waals surface area contributed by atoms with E-state index >= 15 is 0 Å². The minimum Gasteiger partial charge on any atom is -0.309 e. The van der Waals surface area contributed by atoms with Crippen LogP contribution in [-0.2, 0) is 19.2 Å². The van der Waals surface area contributed by atoms with Crippen molar-refractivity contribution in [2.45, 2.75) is 17.3 Å². The van der Waals surface area contributed by atoms with Gasteiger partial charge in [0.15, 0.2) is 5.16 Å². The number of hydrogen-bond donors (Lipinski definition) is 1. The summed E-state index contributed by atoms with van der Waals surface area (Å²) in [5, 5.41) is 12.1. The van der Waals surface area contributed by atoms with Crippen LogP contribution in [0.1, 0.15) is 17.2 Å². The van der Waals surface area contributed by atoms with Crippen molar-refractivity contribution in [3.8, 4) is 11.1 Å². The quantitative estimate of drug-likeness (QED) is 0.385. The van der Waals surface area contributed by atoms with Crippen LogP contribution in [0.5, 0.6) is 0 Å². The number of benzene rings is 2. The van der Waals surface area contributed by atoms with E-state index in [1.165, 1.54) is 28.7 Å². The molecular formula is C23H19N5OS2. The number of thiophene rings is 1. The fraction of sp³-hybridized carbons (Fsp3) is 0.130. The summed E-state index contributed by atoms with van der Waals surface area (Å²) in [6.07, 6.45) is 0.726. The number of thioether (sulfide) groups is 1. The van der Waals surface area contributed by atoms with Crippen molar-refractivity contribution >= 4 is 33.3 Å². The van der Waals surface area contributed by atoms with Crippen molar-refractivity contribution in [1.29, 1.82) is 0 Å². The van der Waals surface area contributed by atoms with Gasteiger partial charge in [0.1, 0.15) is 16.5 Å². The first-order valence-electron chi connectivity index (χ1n) is 9.80. The van der Waals surface area contributed by atoms with Crippen LogP contribution in [0, 0.1) is 0 Å². The van der Waals surface area contributed by atoms with E-state index in [0.717, 1.165) is 33.4 Å². The highest BCUT2D eigenvalue weighted by Crippen LogP contribution is 2.31. The zero-order valence-electron chi connectivity index (χ0n) is 16.8. The molecule has 0 saturated carbocycles. The number of hydrogen-bond acceptors (Lipinski definition) is 6. The summed E-state index contributed by atoms with van der Waals surface area (Å²) in [6.45, 7) is 0. The lowest BCUT2D eigenvalue weighted by Crippen LogP contribution is -2.11. The number of nitrogens with zero attached hydrogens (tertiary/aromatic N) is 4. The molecule has 0 aliphatic rings. The molecule has 0 fully saturated rings. The molecule has 8 heteroatoms. The van der Waals surface area contributed by atoms with E-state index in [9.17, 15) is 4.79 Å². The van der Waals surface area contributed by atoms with Crippen LogP contribution in [0.25, 0.3) is 21.3 Å². The van der Waals surface area contributed by atoms with E-state index < -0.39 is 0 Å². The molecular weight excluding hydrogens is 426 g/mol. The van der Waals surface area contributed by atoms with Crippen LogP contribution in [0.4, 0.5) is 0 Å². The Morgan fingerprint density at radius 1 is 1.03 bits per heavy atom. The first-order chi connectivity index (χ1) is 15.2. The maximum atomic E-state index is 12.8. The number of aromatic nitrogens is 5. The minimum absolute atomic E-state index is 0.108. The smallest absolute Gasteiger partial charge is 0.260 e. The minimum atomic E-state index is -0.108. The van der Waals surface area contributed by atoms with Gasteiger partial charge in [-0.3, -0.25) is 4.79 Å². The summed E-state index contributed by atoms with van der Waals surface area (Å²) in [6, 6.07) is 20.1. The van der Waals surface area contributed by atoms with Gasteiger partial charge in [0.05, 0.1) is 11.1 Å². The fourth-order valence-electron chi connectivity index (χ4n) is 3.43. The van der Waals surface area contributed by atoms with Crippen LogP contribution < -0.4 is 5.56 Å². The molecule has 3 aromatic heterocycles. The number of H-pyrrole nitrogens is 1. The number of nitrogens with one attached hydrogen (secondary N) is 1. The maximum absolute atomic E-state index is 12.8. The van der Waals surface area contributed by atoms with Gasteiger partial charge in [0.25, 0.3) is 5.56 Å². The van der Waals surface area contributed by atoms with Crippen LogP contribution >= 0.6 is 23.1 Å². The Morgan fingerprint density at radius 3 is 2.55 bits per heavy atom. The highest BCUT2D eigenvalue weighted by Gasteiger charge is 2.14. The van der Waals surface area contributed by atoms with E-state index in [4.69, 9.17) is 0 Å². The number of rotatable bonds is 6. The molecule has 0 saturated heterocycles. The highest BCUT2D eigenvalue weighted by atomic mass is 32.2. The number of aromatic amines is 1. The van der Waals surface area contributed by atoms with Gasteiger partial charge in [-0.05, 0) is 11.1 Å². The third-order valence-corrected chi connectivity index (χ3v) is 6.95. The normalized spacial score (nSPS) is 11.3. The molecule has 2 aromatic carbocycles. The average Bonchev–Trinajstić information content (AvgIpc) is 3.38. The van der Waals surface area contributed by atoms with Gasteiger partial charge in [-0.1, -0.05) is 72.4 Å². The second-order valence-corrected chi connectivity index (χ2v) is 8.92. The second-order valence-electron chi connectivity index (χ2n) is 7.12. The fourth-order valence-corrected chi connectivity index (χ4v) is 5.19. The summed E-state index contributed by atoms with van der Waals surface area (Å²) in [4.78, 5) is 21.2. The zero-order valence-corrected chi connectivity index (χ0v) is 18.4. The maximum Gasteiger partial charge on any atom is 0.260 e. The highest BCUT2D eigenvalue weighted by molar-refractivity contribution is 7.98. The largest absolute Gasteiger partial charge is 0.309 e. The Balaban J connectivity index is 1.36. The van der Waals surface area contributed by atoms with Crippen molar-refractivity contribution in [3.05, 3.63) is 93.6 Å². The Labute approximate surface area is 187 Å². The van der Waals surface area contributed by atoms with Gasteiger partial charge in [-0.15, -0.1) is 21.5 Å². The summed E-state index contributed by atoms with van der Waals surface area (Å²) >= 11 is 3.01. The Bertz CT molecular complexity index is 1390. The van der Waals surface area contributed by atoms with Gasteiger partial charge < -0.3 is 9.55 Å². The molecule has 0 unspecified atom stereocenters. The molecule has 3 heterocycles. The van der Waals surface area contributed by atoms with Crippen LogP contribution in [0.3, 0.4) is 0 Å². The molecule has 154 valence electrons. The van der Waals surface area contributed by atoms with Crippen LogP contribution in [0.2, 0.25) is 0 Å². The first-order valence-corrected chi connectivity index (χ1v) is 11.7. The Kier molecular flexibility index (Phi) is 5.40. The van der Waals surface area contributed by atoms with Crippen molar-refractivity contribution in [2.24, 2.45) is 7.05 Å². The van der Waals surface area contributed by atoms with E-state index in [-0.39, 0.29) is 5.56 Å². The molecule has 0 spiro atoms. The predicted molar refractivity (Wildman–Crippen MR) is 125 cm³/mol.